The Morgan fingerprint density at radius 1 is 1.18 bits per heavy atom. The van der Waals surface area contributed by atoms with E-state index < -0.39 is 6.04 Å². The van der Waals surface area contributed by atoms with E-state index in [4.69, 9.17) is 11.6 Å². The predicted molar refractivity (Wildman–Crippen MR) is 115 cm³/mol. The van der Waals surface area contributed by atoms with Crippen LogP contribution in [0.3, 0.4) is 0 Å². The Morgan fingerprint density at radius 2 is 1.89 bits per heavy atom. The fraction of sp³-hybridized carbons (Fsp3) is 0.364. The van der Waals surface area contributed by atoms with E-state index in [2.05, 4.69) is 23.5 Å². The molecule has 0 spiro atoms. The van der Waals surface area contributed by atoms with Gasteiger partial charge in [0.25, 0.3) is 0 Å². The number of Topliss-reactive ketones (excluding diaryl/α,β-unsaturated/α-hetero) is 1. The highest BCUT2D eigenvalue weighted by molar-refractivity contribution is 7.97. The third-order valence-corrected chi connectivity index (χ3v) is 6.13. The molecular weight excluding hydrogens is 392 g/mol. The molecule has 0 bridgehead atoms. The van der Waals surface area contributed by atoms with Crippen LogP contribution in [0.1, 0.15) is 36.7 Å². The van der Waals surface area contributed by atoms with Crippen LogP contribution in [0, 0.1) is 5.92 Å². The van der Waals surface area contributed by atoms with Gasteiger partial charge in [-0.1, -0.05) is 55.8 Å². The molecule has 0 saturated heterocycles. The number of nitrogens with zero attached hydrogens (tertiary/aromatic N) is 1. The third kappa shape index (κ3) is 4.96. The Labute approximate surface area is 175 Å². The molecule has 1 heterocycles. The Kier molecular flexibility index (Phi) is 6.81. The molecule has 2 atom stereocenters. The lowest BCUT2D eigenvalue weighted by Crippen LogP contribution is -2.51. The summed E-state index contributed by atoms with van der Waals surface area (Å²) in [5.41, 5.74) is 1.67. The molecule has 0 fully saturated rings. The summed E-state index contributed by atoms with van der Waals surface area (Å²) in [6, 6.07) is 13.9. The molecule has 1 aliphatic heterocycles. The van der Waals surface area contributed by atoms with Crippen LogP contribution < -0.4 is 5.32 Å². The molecular formula is C22H25ClN2O2S. The summed E-state index contributed by atoms with van der Waals surface area (Å²) in [5.74, 6) is 0.201. The second-order valence-electron chi connectivity index (χ2n) is 7.52. The number of benzene rings is 2. The third-order valence-electron chi connectivity index (χ3n) is 4.66. The van der Waals surface area contributed by atoms with Crippen molar-refractivity contribution in [2.24, 2.45) is 5.92 Å². The van der Waals surface area contributed by atoms with Gasteiger partial charge < -0.3 is 5.32 Å². The summed E-state index contributed by atoms with van der Waals surface area (Å²) < 4.78 is 2.12. The van der Waals surface area contributed by atoms with Crippen molar-refractivity contribution in [3.63, 3.8) is 0 Å². The van der Waals surface area contributed by atoms with Gasteiger partial charge in [-0.15, -0.1) is 0 Å². The summed E-state index contributed by atoms with van der Waals surface area (Å²) >= 11 is 7.74. The van der Waals surface area contributed by atoms with Crippen LogP contribution in [0.2, 0.25) is 5.02 Å². The number of nitrogens with one attached hydrogen (secondary N) is 1. The standard InChI is InChI=1S/C22H25ClN2O2S/c1-14(2)13-25-19(12-17-11-18(23)9-10-20(17)28-25)22(27)24-15(3)21(26)16-7-5-4-6-8-16/h4-11,14-15,19H,12-13H2,1-3H3,(H,24,27)/t15-,19?/m0/s1. The van der Waals surface area contributed by atoms with E-state index >= 15 is 0 Å². The molecule has 0 aliphatic carbocycles. The predicted octanol–water partition coefficient (Wildman–Crippen LogP) is 4.62. The topological polar surface area (TPSA) is 49.4 Å². The van der Waals surface area contributed by atoms with Crippen LogP contribution in [0.25, 0.3) is 0 Å². The molecule has 1 N–H and O–H groups in total. The number of carbonyl (C=O) groups excluding carboxylic acids is 2. The number of hydrogen-bond donors (Lipinski definition) is 1. The monoisotopic (exact) mass is 416 g/mol. The maximum Gasteiger partial charge on any atom is 0.239 e. The quantitative estimate of drug-likeness (QED) is 0.551. The minimum absolute atomic E-state index is 0.0868. The summed E-state index contributed by atoms with van der Waals surface area (Å²) in [6.07, 6.45) is 0.577. The Balaban J connectivity index is 1.76. The smallest absolute Gasteiger partial charge is 0.239 e. The SMILES string of the molecule is CC(C)CN1Sc2ccc(Cl)cc2CC1C(=O)N[C@@H](C)C(=O)c1ccccc1. The molecule has 2 aromatic rings. The van der Waals surface area contributed by atoms with Gasteiger partial charge in [0.15, 0.2) is 5.78 Å². The van der Waals surface area contributed by atoms with Crippen LogP contribution >= 0.6 is 23.5 Å². The van der Waals surface area contributed by atoms with Crippen molar-refractivity contribution < 1.29 is 9.59 Å². The van der Waals surface area contributed by atoms with Crippen LogP contribution in [0.5, 0.6) is 0 Å². The first kappa shape index (κ1) is 20.9. The Morgan fingerprint density at radius 3 is 2.57 bits per heavy atom. The fourth-order valence-corrected chi connectivity index (χ4v) is 4.78. The van der Waals surface area contributed by atoms with Crippen molar-refractivity contribution in [2.45, 2.75) is 44.2 Å². The van der Waals surface area contributed by atoms with Gasteiger partial charge in [-0.05, 0) is 55.0 Å². The number of ketones is 1. The highest BCUT2D eigenvalue weighted by Gasteiger charge is 2.34. The zero-order chi connectivity index (χ0) is 20.3. The average molecular weight is 417 g/mol. The maximum atomic E-state index is 13.1. The lowest BCUT2D eigenvalue weighted by Gasteiger charge is -2.36. The van der Waals surface area contributed by atoms with Gasteiger partial charge in [-0.25, -0.2) is 4.31 Å². The van der Waals surface area contributed by atoms with Crippen LogP contribution in [0.4, 0.5) is 0 Å². The number of hydrogen-bond acceptors (Lipinski definition) is 4. The minimum atomic E-state index is -0.582. The normalized spacial score (nSPS) is 17.8. The van der Waals surface area contributed by atoms with E-state index in [1.165, 1.54) is 0 Å². The number of fused-ring (bicyclic) bond motifs is 1. The highest BCUT2D eigenvalue weighted by Crippen LogP contribution is 2.37. The van der Waals surface area contributed by atoms with Crippen LogP contribution in [-0.4, -0.2) is 34.6 Å². The highest BCUT2D eigenvalue weighted by atomic mass is 35.5. The van der Waals surface area contributed by atoms with Gasteiger partial charge in [0.2, 0.25) is 5.91 Å². The molecule has 1 unspecified atom stereocenters. The van der Waals surface area contributed by atoms with Gasteiger partial charge in [-0.2, -0.15) is 0 Å². The minimum Gasteiger partial charge on any atom is -0.345 e. The van der Waals surface area contributed by atoms with E-state index in [1.807, 2.05) is 36.4 Å². The van der Waals surface area contributed by atoms with E-state index in [0.29, 0.717) is 22.9 Å². The van der Waals surface area contributed by atoms with Gasteiger partial charge in [-0.3, -0.25) is 9.59 Å². The summed E-state index contributed by atoms with van der Waals surface area (Å²) in [7, 11) is 0. The van der Waals surface area contributed by atoms with Gasteiger partial charge in [0, 0.05) is 22.0 Å². The average Bonchev–Trinajstić information content (AvgIpc) is 2.67. The molecule has 4 nitrogen and oxygen atoms in total. The molecule has 148 valence electrons. The number of amides is 1. The first-order valence-corrected chi connectivity index (χ1v) is 10.6. The summed E-state index contributed by atoms with van der Waals surface area (Å²) in [6.45, 7) is 6.79. The molecule has 1 amide bonds. The molecule has 0 saturated carbocycles. The number of halogens is 1. The van der Waals surface area contributed by atoms with Crippen LogP contribution in [0.15, 0.2) is 53.4 Å². The molecule has 2 aromatic carbocycles. The summed E-state index contributed by atoms with van der Waals surface area (Å²) in [4.78, 5) is 26.8. The lowest BCUT2D eigenvalue weighted by atomic mass is 10.0. The van der Waals surface area contributed by atoms with Crippen molar-refractivity contribution in [1.82, 2.24) is 9.62 Å². The Hall–Kier alpha value is -1.82. The van der Waals surface area contributed by atoms with Gasteiger partial charge in [0.1, 0.15) is 6.04 Å². The largest absolute Gasteiger partial charge is 0.345 e. The van der Waals surface area contributed by atoms with E-state index in [-0.39, 0.29) is 17.7 Å². The second kappa shape index (κ2) is 9.12. The first-order chi connectivity index (χ1) is 13.3. The van der Waals surface area contributed by atoms with Crippen molar-refractivity contribution >= 4 is 35.2 Å². The molecule has 1 aliphatic rings. The molecule has 28 heavy (non-hydrogen) atoms. The molecule has 3 rings (SSSR count). The molecule has 0 aromatic heterocycles. The zero-order valence-corrected chi connectivity index (χ0v) is 17.9. The zero-order valence-electron chi connectivity index (χ0n) is 16.3. The second-order valence-corrected chi connectivity index (χ2v) is 9.05. The first-order valence-electron chi connectivity index (χ1n) is 9.48. The van der Waals surface area contributed by atoms with Crippen LogP contribution in [-0.2, 0) is 11.2 Å². The van der Waals surface area contributed by atoms with Crippen molar-refractivity contribution in [3.8, 4) is 0 Å². The van der Waals surface area contributed by atoms with Crippen molar-refractivity contribution in [3.05, 3.63) is 64.7 Å². The van der Waals surface area contributed by atoms with Crippen molar-refractivity contribution in [1.29, 1.82) is 0 Å². The number of carbonyl (C=O) groups is 2. The van der Waals surface area contributed by atoms with Gasteiger partial charge in [0.05, 0.1) is 6.04 Å². The van der Waals surface area contributed by atoms with E-state index in [1.54, 1.807) is 31.0 Å². The maximum absolute atomic E-state index is 13.1. The van der Waals surface area contributed by atoms with E-state index in [0.717, 1.165) is 17.0 Å². The molecule has 0 radical (unpaired) electrons. The van der Waals surface area contributed by atoms with Crippen molar-refractivity contribution in [2.75, 3.05) is 6.54 Å². The van der Waals surface area contributed by atoms with E-state index in [9.17, 15) is 9.59 Å². The summed E-state index contributed by atoms with van der Waals surface area (Å²) in [5, 5.41) is 3.59. The lowest BCUT2D eigenvalue weighted by molar-refractivity contribution is -0.125. The fourth-order valence-electron chi connectivity index (χ4n) is 3.27. The Bertz CT molecular complexity index is 857. The number of rotatable bonds is 6. The van der Waals surface area contributed by atoms with Gasteiger partial charge >= 0.3 is 0 Å². The molecule has 6 heteroatoms.